The fraction of sp³-hybridized carbons (Fsp3) is 0.562. The smallest absolute Gasteiger partial charge is 0.224 e. The normalized spacial score (nSPS) is 16.7. The number of nitrogens with zero attached hydrogens (tertiary/aromatic N) is 1. The minimum absolute atomic E-state index is 0.0853. The Morgan fingerprint density at radius 3 is 2.71 bits per heavy atom. The lowest BCUT2D eigenvalue weighted by atomic mass is 9.94. The van der Waals surface area contributed by atoms with Crippen molar-refractivity contribution in [2.75, 3.05) is 20.2 Å². The van der Waals surface area contributed by atoms with E-state index in [1.807, 2.05) is 18.2 Å². The zero-order valence-corrected chi connectivity index (χ0v) is 13.2. The van der Waals surface area contributed by atoms with E-state index in [0.717, 1.165) is 25.7 Å². The van der Waals surface area contributed by atoms with Crippen LogP contribution in [0.25, 0.3) is 0 Å². The van der Waals surface area contributed by atoms with E-state index in [1.54, 1.807) is 18.0 Å². The number of benzene rings is 1. The first-order valence-electron chi connectivity index (χ1n) is 7.40. The fourth-order valence-electron chi connectivity index (χ4n) is 2.67. The molecule has 0 radical (unpaired) electrons. The van der Waals surface area contributed by atoms with Crippen LogP contribution in [0.5, 0.6) is 5.75 Å². The molecule has 1 amide bonds. The molecule has 0 bridgehead atoms. The first-order valence-corrected chi connectivity index (χ1v) is 7.78. The van der Waals surface area contributed by atoms with Crippen molar-refractivity contribution >= 4 is 17.5 Å². The van der Waals surface area contributed by atoms with Gasteiger partial charge in [-0.05, 0) is 25.0 Å². The van der Waals surface area contributed by atoms with Gasteiger partial charge in [0, 0.05) is 19.0 Å². The van der Waals surface area contributed by atoms with Crippen molar-refractivity contribution in [3.63, 3.8) is 0 Å². The van der Waals surface area contributed by atoms with E-state index >= 15 is 0 Å². The van der Waals surface area contributed by atoms with Gasteiger partial charge in [0.2, 0.25) is 5.91 Å². The maximum absolute atomic E-state index is 12.2. The summed E-state index contributed by atoms with van der Waals surface area (Å²) in [5, 5.41) is 0.582. The Kier molecular flexibility index (Phi) is 5.48. The lowest BCUT2D eigenvalue weighted by Crippen LogP contribution is -2.43. The minimum Gasteiger partial charge on any atom is -0.490 e. The number of amides is 1. The van der Waals surface area contributed by atoms with Crippen LogP contribution in [0, 0.1) is 0 Å². The van der Waals surface area contributed by atoms with Crippen molar-refractivity contribution in [2.24, 2.45) is 5.73 Å². The summed E-state index contributed by atoms with van der Waals surface area (Å²) in [5.74, 6) is 0.730. The number of carbonyl (C=O) groups excluding carboxylic acids is 1. The van der Waals surface area contributed by atoms with Crippen LogP contribution in [0.3, 0.4) is 0 Å². The van der Waals surface area contributed by atoms with Gasteiger partial charge in [0.15, 0.2) is 0 Å². The number of carbonyl (C=O) groups is 1. The summed E-state index contributed by atoms with van der Waals surface area (Å²) >= 11 is 6.01. The molecule has 0 aliphatic heterocycles. The Labute approximate surface area is 131 Å². The number of halogens is 1. The lowest BCUT2D eigenvalue weighted by Gasteiger charge is -2.26. The molecule has 0 heterocycles. The van der Waals surface area contributed by atoms with Crippen molar-refractivity contribution in [1.82, 2.24) is 4.90 Å². The summed E-state index contributed by atoms with van der Waals surface area (Å²) in [6, 6.07) is 7.32. The van der Waals surface area contributed by atoms with Crippen LogP contribution in [0.2, 0.25) is 5.02 Å². The molecule has 1 saturated carbocycles. The zero-order valence-electron chi connectivity index (χ0n) is 12.5. The number of hydrogen-bond donors (Lipinski definition) is 1. The van der Waals surface area contributed by atoms with Crippen LogP contribution in [-0.2, 0) is 4.79 Å². The monoisotopic (exact) mass is 310 g/mol. The van der Waals surface area contributed by atoms with Gasteiger partial charge in [0.1, 0.15) is 12.4 Å². The first-order chi connectivity index (χ1) is 10.0. The molecular formula is C16H23ClN2O2. The highest BCUT2D eigenvalue weighted by Crippen LogP contribution is 2.30. The van der Waals surface area contributed by atoms with E-state index in [1.165, 1.54) is 0 Å². The standard InChI is InChI=1S/C16H23ClN2O2/c1-19(15(20)12-16(18)8-4-5-9-16)10-11-21-14-7-3-2-6-13(14)17/h2-3,6-7H,4-5,8-12,18H2,1H3. The first kappa shape index (κ1) is 16.1. The summed E-state index contributed by atoms with van der Waals surface area (Å²) in [4.78, 5) is 13.9. The van der Waals surface area contributed by atoms with Gasteiger partial charge in [-0.15, -0.1) is 0 Å². The molecule has 116 valence electrons. The molecule has 2 N–H and O–H groups in total. The minimum atomic E-state index is -0.297. The van der Waals surface area contributed by atoms with Crippen LogP contribution in [-0.4, -0.2) is 36.5 Å². The predicted molar refractivity (Wildman–Crippen MR) is 84.6 cm³/mol. The lowest BCUT2D eigenvalue weighted by molar-refractivity contribution is -0.131. The summed E-state index contributed by atoms with van der Waals surface area (Å²) in [6.45, 7) is 0.948. The van der Waals surface area contributed by atoms with Gasteiger partial charge in [-0.25, -0.2) is 0 Å². The van der Waals surface area contributed by atoms with Crippen LogP contribution in [0.15, 0.2) is 24.3 Å². The van der Waals surface area contributed by atoms with Crippen LogP contribution >= 0.6 is 11.6 Å². The van der Waals surface area contributed by atoms with Gasteiger partial charge in [0.05, 0.1) is 11.6 Å². The number of likely N-dealkylation sites (N-methyl/N-ethyl adjacent to an activating group) is 1. The summed E-state index contributed by atoms with van der Waals surface area (Å²) in [6.07, 6.45) is 4.58. The topological polar surface area (TPSA) is 55.6 Å². The second-order valence-corrected chi connectivity index (χ2v) is 6.25. The molecule has 0 aromatic heterocycles. The van der Waals surface area contributed by atoms with Crippen molar-refractivity contribution in [3.8, 4) is 5.75 Å². The SMILES string of the molecule is CN(CCOc1ccccc1Cl)C(=O)CC1(N)CCCC1. The molecule has 2 rings (SSSR count). The van der Waals surface area contributed by atoms with E-state index < -0.39 is 0 Å². The van der Waals surface area contributed by atoms with Gasteiger partial charge in [0.25, 0.3) is 0 Å². The van der Waals surface area contributed by atoms with Crippen LogP contribution < -0.4 is 10.5 Å². The average Bonchev–Trinajstić information content (AvgIpc) is 2.87. The second-order valence-electron chi connectivity index (χ2n) is 5.84. The molecule has 0 atom stereocenters. The van der Waals surface area contributed by atoms with Crippen molar-refractivity contribution in [1.29, 1.82) is 0 Å². The quantitative estimate of drug-likeness (QED) is 0.879. The largest absolute Gasteiger partial charge is 0.490 e. The third-order valence-corrected chi connectivity index (χ3v) is 4.36. The van der Waals surface area contributed by atoms with E-state index in [0.29, 0.717) is 30.3 Å². The second kappa shape index (κ2) is 7.14. The molecule has 5 heteroatoms. The molecule has 0 unspecified atom stereocenters. The van der Waals surface area contributed by atoms with E-state index in [4.69, 9.17) is 22.1 Å². The molecule has 21 heavy (non-hydrogen) atoms. The van der Waals surface area contributed by atoms with Crippen molar-refractivity contribution in [2.45, 2.75) is 37.6 Å². The molecule has 1 aliphatic rings. The highest BCUT2D eigenvalue weighted by Gasteiger charge is 2.32. The molecule has 1 aromatic carbocycles. The van der Waals surface area contributed by atoms with E-state index in [9.17, 15) is 4.79 Å². The fourth-order valence-corrected chi connectivity index (χ4v) is 2.86. The molecular weight excluding hydrogens is 288 g/mol. The predicted octanol–water partition coefficient (Wildman–Crippen LogP) is 2.84. The number of nitrogens with two attached hydrogens (primary N) is 1. The highest BCUT2D eigenvalue weighted by molar-refractivity contribution is 6.32. The summed E-state index contributed by atoms with van der Waals surface area (Å²) < 4.78 is 5.60. The maximum Gasteiger partial charge on any atom is 0.224 e. The Balaban J connectivity index is 1.75. The van der Waals surface area contributed by atoms with Gasteiger partial charge in [-0.2, -0.15) is 0 Å². The molecule has 1 aromatic rings. The number of hydrogen-bond acceptors (Lipinski definition) is 3. The van der Waals surface area contributed by atoms with Crippen molar-refractivity contribution in [3.05, 3.63) is 29.3 Å². The molecule has 4 nitrogen and oxygen atoms in total. The van der Waals surface area contributed by atoms with Crippen molar-refractivity contribution < 1.29 is 9.53 Å². The number of para-hydroxylation sites is 1. The Morgan fingerprint density at radius 2 is 2.05 bits per heavy atom. The third kappa shape index (κ3) is 4.61. The summed E-state index contributed by atoms with van der Waals surface area (Å²) in [7, 11) is 1.79. The van der Waals surface area contributed by atoms with Crippen LogP contribution in [0.1, 0.15) is 32.1 Å². The van der Waals surface area contributed by atoms with E-state index in [-0.39, 0.29) is 11.4 Å². The number of ether oxygens (including phenoxy) is 1. The number of rotatable bonds is 6. The van der Waals surface area contributed by atoms with Gasteiger partial charge < -0.3 is 15.4 Å². The van der Waals surface area contributed by atoms with Crippen LogP contribution in [0.4, 0.5) is 0 Å². The van der Waals surface area contributed by atoms with Gasteiger partial charge >= 0.3 is 0 Å². The zero-order chi connectivity index (χ0) is 15.3. The van der Waals surface area contributed by atoms with E-state index in [2.05, 4.69) is 0 Å². The molecule has 0 saturated heterocycles. The molecule has 1 aliphatic carbocycles. The summed E-state index contributed by atoms with van der Waals surface area (Å²) in [5.41, 5.74) is 5.94. The average molecular weight is 311 g/mol. The molecule has 1 fully saturated rings. The third-order valence-electron chi connectivity index (χ3n) is 4.05. The maximum atomic E-state index is 12.2. The Hall–Kier alpha value is -1.26. The van der Waals surface area contributed by atoms with Gasteiger partial charge in [-0.3, -0.25) is 4.79 Å². The Morgan fingerprint density at radius 1 is 1.38 bits per heavy atom. The van der Waals surface area contributed by atoms with Gasteiger partial charge in [-0.1, -0.05) is 36.6 Å². The highest BCUT2D eigenvalue weighted by atomic mass is 35.5. The Bertz CT molecular complexity index is 487. The molecule has 0 spiro atoms.